The van der Waals surface area contributed by atoms with E-state index in [2.05, 4.69) is 6.92 Å². The van der Waals surface area contributed by atoms with Crippen LogP contribution in [-0.2, 0) is 4.74 Å². The molecule has 1 aliphatic rings. The van der Waals surface area contributed by atoms with Crippen molar-refractivity contribution in [1.29, 1.82) is 0 Å². The third-order valence-electron chi connectivity index (χ3n) is 4.63. The summed E-state index contributed by atoms with van der Waals surface area (Å²) in [5, 5.41) is 10.8. The lowest BCUT2D eigenvalue weighted by atomic mass is 9.68. The lowest BCUT2D eigenvalue weighted by Crippen LogP contribution is -2.54. The minimum Gasteiger partial charge on any atom is -0.387 e. The molecule has 1 aliphatic carbocycles. The van der Waals surface area contributed by atoms with Crippen molar-refractivity contribution in [2.24, 2.45) is 17.1 Å². The second-order valence-electron chi connectivity index (χ2n) is 5.32. The smallest absolute Gasteiger partial charge is 0.0945 e. The Kier molecular flexibility index (Phi) is 4.77. The molecule has 0 saturated heterocycles. The lowest BCUT2D eigenvalue weighted by molar-refractivity contribution is -0.124. The zero-order valence-electron chi connectivity index (χ0n) is 11.0. The van der Waals surface area contributed by atoms with Gasteiger partial charge in [-0.3, -0.25) is 0 Å². The molecule has 0 radical (unpaired) electrons. The van der Waals surface area contributed by atoms with E-state index in [0.717, 1.165) is 18.8 Å². The van der Waals surface area contributed by atoms with E-state index in [1.807, 2.05) is 6.92 Å². The van der Waals surface area contributed by atoms with E-state index in [4.69, 9.17) is 10.5 Å². The maximum Gasteiger partial charge on any atom is 0.0945 e. The van der Waals surface area contributed by atoms with Gasteiger partial charge in [0.1, 0.15) is 0 Å². The highest BCUT2D eigenvalue weighted by Crippen LogP contribution is 2.50. The van der Waals surface area contributed by atoms with E-state index in [9.17, 15) is 5.11 Å². The summed E-state index contributed by atoms with van der Waals surface area (Å²) in [6.07, 6.45) is 5.19. The van der Waals surface area contributed by atoms with Crippen molar-refractivity contribution in [3.05, 3.63) is 0 Å². The predicted molar refractivity (Wildman–Crippen MR) is 66.2 cm³/mol. The fourth-order valence-corrected chi connectivity index (χ4v) is 3.25. The quantitative estimate of drug-likeness (QED) is 0.731. The topological polar surface area (TPSA) is 55.5 Å². The van der Waals surface area contributed by atoms with Crippen molar-refractivity contribution >= 4 is 0 Å². The van der Waals surface area contributed by atoms with Crippen molar-refractivity contribution in [3.63, 3.8) is 0 Å². The van der Waals surface area contributed by atoms with Gasteiger partial charge < -0.3 is 15.6 Å². The summed E-state index contributed by atoms with van der Waals surface area (Å²) >= 11 is 0. The van der Waals surface area contributed by atoms with Crippen LogP contribution >= 0.6 is 0 Å². The molecule has 0 amide bonds. The van der Waals surface area contributed by atoms with E-state index in [1.54, 1.807) is 7.11 Å². The Morgan fingerprint density at radius 2 is 2.19 bits per heavy atom. The molecular formula is C13H27NO2. The van der Waals surface area contributed by atoms with Gasteiger partial charge in [0, 0.05) is 19.1 Å². The zero-order valence-corrected chi connectivity index (χ0v) is 11.0. The lowest BCUT2D eigenvalue weighted by Gasteiger charge is -2.44. The van der Waals surface area contributed by atoms with Gasteiger partial charge in [-0.05, 0) is 31.6 Å². The fraction of sp³-hybridized carbons (Fsp3) is 1.00. The third-order valence-corrected chi connectivity index (χ3v) is 4.63. The van der Waals surface area contributed by atoms with E-state index in [-0.39, 0.29) is 5.41 Å². The molecule has 96 valence electrons. The zero-order chi connectivity index (χ0) is 12.2. The molecule has 1 saturated carbocycles. The highest BCUT2D eigenvalue weighted by Gasteiger charge is 2.51. The first kappa shape index (κ1) is 13.9. The van der Waals surface area contributed by atoms with Crippen molar-refractivity contribution < 1.29 is 9.84 Å². The summed E-state index contributed by atoms with van der Waals surface area (Å²) in [4.78, 5) is 0. The van der Waals surface area contributed by atoms with Crippen LogP contribution in [0.3, 0.4) is 0 Å². The number of ether oxygens (including phenoxy) is 1. The van der Waals surface area contributed by atoms with Crippen LogP contribution in [0.15, 0.2) is 0 Å². The molecule has 0 spiro atoms. The van der Waals surface area contributed by atoms with Crippen molar-refractivity contribution in [2.45, 2.75) is 51.6 Å². The standard InChI is InChI=1S/C13H27NO2/c1-4-11-6-7-12(8-11,9-14)13(15,5-2)10-16-3/h11,15H,4-10,14H2,1-3H3. The normalized spacial score (nSPS) is 33.9. The Morgan fingerprint density at radius 3 is 2.56 bits per heavy atom. The third kappa shape index (κ3) is 2.27. The molecule has 0 heterocycles. The van der Waals surface area contributed by atoms with Gasteiger partial charge in [0.25, 0.3) is 0 Å². The highest BCUT2D eigenvalue weighted by molar-refractivity contribution is 5.03. The Balaban J connectivity index is 2.86. The number of nitrogens with two attached hydrogens (primary N) is 1. The predicted octanol–water partition coefficient (Wildman–Crippen LogP) is 1.93. The molecule has 1 rings (SSSR count). The number of rotatable bonds is 6. The molecule has 0 aromatic rings. The molecule has 0 aliphatic heterocycles. The first-order valence-corrected chi connectivity index (χ1v) is 6.49. The van der Waals surface area contributed by atoms with Gasteiger partial charge in [-0.2, -0.15) is 0 Å². The number of methoxy groups -OCH3 is 1. The first-order valence-electron chi connectivity index (χ1n) is 6.49. The second-order valence-corrected chi connectivity index (χ2v) is 5.32. The van der Waals surface area contributed by atoms with Crippen LogP contribution < -0.4 is 5.73 Å². The molecule has 3 atom stereocenters. The van der Waals surface area contributed by atoms with Crippen LogP contribution in [0.4, 0.5) is 0 Å². The maximum absolute atomic E-state index is 10.8. The fourth-order valence-electron chi connectivity index (χ4n) is 3.25. The van der Waals surface area contributed by atoms with Gasteiger partial charge in [0.2, 0.25) is 0 Å². The van der Waals surface area contributed by atoms with Crippen molar-refractivity contribution in [2.75, 3.05) is 20.3 Å². The van der Waals surface area contributed by atoms with Gasteiger partial charge in [-0.15, -0.1) is 0 Å². The maximum atomic E-state index is 10.8. The van der Waals surface area contributed by atoms with Crippen LogP contribution in [-0.4, -0.2) is 31.0 Å². The van der Waals surface area contributed by atoms with Gasteiger partial charge >= 0.3 is 0 Å². The molecule has 1 fully saturated rings. The van der Waals surface area contributed by atoms with E-state index >= 15 is 0 Å². The Labute approximate surface area is 99.4 Å². The number of aliphatic hydroxyl groups is 1. The first-order chi connectivity index (χ1) is 7.57. The monoisotopic (exact) mass is 229 g/mol. The minimum absolute atomic E-state index is 0.127. The summed E-state index contributed by atoms with van der Waals surface area (Å²) in [5.74, 6) is 0.721. The average molecular weight is 229 g/mol. The van der Waals surface area contributed by atoms with E-state index < -0.39 is 5.60 Å². The molecule has 3 N–H and O–H groups in total. The van der Waals surface area contributed by atoms with E-state index in [1.165, 1.54) is 12.8 Å². The molecule has 0 bridgehead atoms. The van der Waals surface area contributed by atoms with Crippen LogP contribution in [0.5, 0.6) is 0 Å². The largest absolute Gasteiger partial charge is 0.387 e. The Bertz CT molecular complexity index is 222. The highest BCUT2D eigenvalue weighted by atomic mass is 16.5. The SMILES string of the molecule is CCC1CCC(CN)(C(O)(CC)COC)C1. The summed E-state index contributed by atoms with van der Waals surface area (Å²) in [7, 11) is 1.65. The Hall–Kier alpha value is -0.120. The van der Waals surface area contributed by atoms with Gasteiger partial charge in [-0.1, -0.05) is 20.3 Å². The van der Waals surface area contributed by atoms with Gasteiger partial charge in [0.05, 0.1) is 12.2 Å². The number of hydrogen-bond acceptors (Lipinski definition) is 3. The Morgan fingerprint density at radius 1 is 1.50 bits per heavy atom. The molecule has 0 aromatic heterocycles. The minimum atomic E-state index is -0.750. The summed E-state index contributed by atoms with van der Waals surface area (Å²) in [6.45, 7) is 5.21. The molecule has 3 nitrogen and oxygen atoms in total. The van der Waals surface area contributed by atoms with E-state index in [0.29, 0.717) is 19.6 Å². The van der Waals surface area contributed by atoms with Gasteiger partial charge in [0.15, 0.2) is 0 Å². The molecule has 3 heteroatoms. The molecule has 0 aromatic carbocycles. The van der Waals surface area contributed by atoms with Crippen LogP contribution in [0.2, 0.25) is 0 Å². The second kappa shape index (κ2) is 5.48. The molecule has 3 unspecified atom stereocenters. The summed E-state index contributed by atoms with van der Waals surface area (Å²) < 4.78 is 5.20. The summed E-state index contributed by atoms with van der Waals surface area (Å²) in [6, 6.07) is 0. The molecule has 16 heavy (non-hydrogen) atoms. The summed E-state index contributed by atoms with van der Waals surface area (Å²) in [5.41, 5.74) is 5.09. The van der Waals surface area contributed by atoms with Crippen LogP contribution in [0.25, 0.3) is 0 Å². The van der Waals surface area contributed by atoms with Crippen molar-refractivity contribution in [3.8, 4) is 0 Å². The van der Waals surface area contributed by atoms with Crippen molar-refractivity contribution in [1.82, 2.24) is 0 Å². The van der Waals surface area contributed by atoms with Gasteiger partial charge in [-0.25, -0.2) is 0 Å². The van der Waals surface area contributed by atoms with Crippen LogP contribution in [0, 0.1) is 11.3 Å². The average Bonchev–Trinajstić information content (AvgIpc) is 2.74. The number of hydrogen-bond donors (Lipinski definition) is 2. The van der Waals surface area contributed by atoms with Crippen LogP contribution in [0.1, 0.15) is 46.0 Å². The molecular weight excluding hydrogens is 202 g/mol.